The third kappa shape index (κ3) is 3.96. The molecular formula is C18H21F3N2O2. The van der Waals surface area contributed by atoms with Gasteiger partial charge in [0, 0.05) is 31.7 Å². The van der Waals surface area contributed by atoms with Gasteiger partial charge in [-0.2, -0.15) is 13.2 Å². The van der Waals surface area contributed by atoms with E-state index < -0.39 is 17.7 Å². The first-order valence-corrected chi connectivity index (χ1v) is 8.62. The highest BCUT2D eigenvalue weighted by molar-refractivity contribution is 6.00. The summed E-state index contributed by atoms with van der Waals surface area (Å²) in [7, 11) is 0. The normalized spacial score (nSPS) is 22.2. The molecule has 0 radical (unpaired) electrons. The van der Waals surface area contributed by atoms with E-state index in [9.17, 15) is 22.8 Å². The topological polar surface area (TPSA) is 40.6 Å². The number of alkyl halides is 3. The second kappa shape index (κ2) is 7.06. The summed E-state index contributed by atoms with van der Waals surface area (Å²) in [6.07, 6.45) is -0.0880. The van der Waals surface area contributed by atoms with Crippen LogP contribution in [0.15, 0.2) is 24.3 Å². The summed E-state index contributed by atoms with van der Waals surface area (Å²) >= 11 is 0. The summed E-state index contributed by atoms with van der Waals surface area (Å²) in [5.41, 5.74) is -0.343. The Morgan fingerprint density at radius 1 is 1.00 bits per heavy atom. The van der Waals surface area contributed by atoms with Crippen LogP contribution in [0.4, 0.5) is 18.9 Å². The monoisotopic (exact) mass is 354 g/mol. The Labute approximate surface area is 144 Å². The van der Waals surface area contributed by atoms with Gasteiger partial charge in [-0.05, 0) is 37.1 Å². The van der Waals surface area contributed by atoms with E-state index in [0.29, 0.717) is 5.69 Å². The number of rotatable bonds is 2. The first kappa shape index (κ1) is 17.8. The number of hydrogen-bond acceptors (Lipinski definition) is 2. The summed E-state index contributed by atoms with van der Waals surface area (Å²) in [4.78, 5) is 28.2. The molecule has 0 N–H and O–H groups in total. The molecule has 2 fully saturated rings. The molecule has 0 spiro atoms. The van der Waals surface area contributed by atoms with Gasteiger partial charge >= 0.3 is 6.18 Å². The van der Waals surface area contributed by atoms with E-state index in [1.54, 1.807) is 0 Å². The molecule has 1 aromatic carbocycles. The van der Waals surface area contributed by atoms with Crippen molar-refractivity contribution in [3.05, 3.63) is 29.8 Å². The molecule has 7 heteroatoms. The van der Waals surface area contributed by atoms with Crippen LogP contribution in [0, 0.1) is 5.92 Å². The SMILES string of the molecule is O=C(C1CC(=O)N(c2ccc(C(F)(F)F)cc2)C1)N1CCCCCC1. The molecule has 1 aromatic rings. The Balaban J connectivity index is 1.68. The summed E-state index contributed by atoms with van der Waals surface area (Å²) in [6.45, 7) is 1.69. The van der Waals surface area contributed by atoms with Gasteiger partial charge in [-0.15, -0.1) is 0 Å². The van der Waals surface area contributed by atoms with Crippen LogP contribution < -0.4 is 4.90 Å². The van der Waals surface area contributed by atoms with Gasteiger partial charge in [-0.1, -0.05) is 12.8 Å². The Morgan fingerprint density at radius 3 is 2.16 bits per heavy atom. The zero-order chi connectivity index (χ0) is 18.0. The van der Waals surface area contributed by atoms with Gasteiger partial charge in [-0.3, -0.25) is 9.59 Å². The smallest absolute Gasteiger partial charge is 0.342 e. The number of carbonyl (C=O) groups excluding carboxylic acids is 2. The minimum Gasteiger partial charge on any atom is -0.342 e. The van der Waals surface area contributed by atoms with Crippen molar-refractivity contribution >= 4 is 17.5 Å². The summed E-state index contributed by atoms with van der Waals surface area (Å²) in [5, 5.41) is 0. The number of anilines is 1. The maximum absolute atomic E-state index is 12.7. The Bertz CT molecular complexity index is 635. The van der Waals surface area contributed by atoms with E-state index in [1.807, 2.05) is 4.90 Å². The van der Waals surface area contributed by atoms with Crippen LogP contribution in [-0.2, 0) is 15.8 Å². The molecular weight excluding hydrogens is 333 g/mol. The lowest BCUT2D eigenvalue weighted by Gasteiger charge is -2.24. The predicted octanol–water partition coefficient (Wildman–Crippen LogP) is 3.46. The third-order valence-corrected chi connectivity index (χ3v) is 4.90. The highest BCUT2D eigenvalue weighted by Crippen LogP contribution is 2.32. The molecule has 0 aromatic heterocycles. The van der Waals surface area contributed by atoms with Crippen LogP contribution in [0.25, 0.3) is 0 Å². The number of halogens is 3. The minimum absolute atomic E-state index is 0.00957. The van der Waals surface area contributed by atoms with Gasteiger partial charge in [-0.25, -0.2) is 0 Å². The zero-order valence-electron chi connectivity index (χ0n) is 13.9. The first-order valence-electron chi connectivity index (χ1n) is 8.62. The molecule has 2 heterocycles. The summed E-state index contributed by atoms with van der Waals surface area (Å²) in [5.74, 6) is -0.634. The van der Waals surface area contributed by atoms with E-state index in [0.717, 1.165) is 50.9 Å². The molecule has 1 unspecified atom stereocenters. The van der Waals surface area contributed by atoms with Crippen LogP contribution >= 0.6 is 0 Å². The second-order valence-corrected chi connectivity index (χ2v) is 6.69. The lowest BCUT2D eigenvalue weighted by molar-refractivity contribution is -0.137. The van der Waals surface area contributed by atoms with Gasteiger partial charge in [0.2, 0.25) is 11.8 Å². The Morgan fingerprint density at radius 2 is 1.60 bits per heavy atom. The van der Waals surface area contributed by atoms with Crippen LogP contribution in [0.2, 0.25) is 0 Å². The van der Waals surface area contributed by atoms with Crippen LogP contribution in [0.3, 0.4) is 0 Å². The van der Waals surface area contributed by atoms with Crippen molar-refractivity contribution in [2.75, 3.05) is 24.5 Å². The van der Waals surface area contributed by atoms with Crippen molar-refractivity contribution in [3.8, 4) is 0 Å². The van der Waals surface area contributed by atoms with Gasteiger partial charge in [0.15, 0.2) is 0 Å². The van der Waals surface area contributed by atoms with Crippen molar-refractivity contribution in [3.63, 3.8) is 0 Å². The average molecular weight is 354 g/mol. The number of likely N-dealkylation sites (tertiary alicyclic amines) is 1. The number of hydrogen-bond donors (Lipinski definition) is 0. The fourth-order valence-electron chi connectivity index (χ4n) is 3.50. The molecule has 0 saturated carbocycles. The van der Waals surface area contributed by atoms with E-state index in [1.165, 1.54) is 17.0 Å². The second-order valence-electron chi connectivity index (χ2n) is 6.69. The molecule has 2 aliphatic rings. The fourth-order valence-corrected chi connectivity index (χ4v) is 3.50. The molecule has 3 rings (SSSR count). The molecule has 136 valence electrons. The number of nitrogens with zero attached hydrogens (tertiary/aromatic N) is 2. The van der Waals surface area contributed by atoms with Gasteiger partial charge < -0.3 is 9.80 Å². The highest BCUT2D eigenvalue weighted by Gasteiger charge is 2.37. The van der Waals surface area contributed by atoms with Crippen molar-refractivity contribution < 1.29 is 22.8 Å². The molecule has 0 aliphatic carbocycles. The summed E-state index contributed by atoms with van der Waals surface area (Å²) < 4.78 is 37.9. The standard InChI is InChI=1S/C18H21F3N2O2/c19-18(20,21)14-5-7-15(8-6-14)23-12-13(11-16(23)24)17(25)22-9-3-1-2-4-10-22/h5-8,13H,1-4,9-12H2. The van der Waals surface area contributed by atoms with Crippen molar-refractivity contribution in [1.82, 2.24) is 4.90 Å². The highest BCUT2D eigenvalue weighted by atomic mass is 19.4. The Kier molecular flexibility index (Phi) is 5.01. The van der Waals surface area contributed by atoms with E-state index in [-0.39, 0.29) is 24.8 Å². The van der Waals surface area contributed by atoms with E-state index in [2.05, 4.69) is 0 Å². The van der Waals surface area contributed by atoms with Crippen molar-refractivity contribution in [1.29, 1.82) is 0 Å². The lowest BCUT2D eigenvalue weighted by Crippen LogP contribution is -2.38. The molecule has 2 amide bonds. The molecule has 0 bridgehead atoms. The van der Waals surface area contributed by atoms with Gasteiger partial charge in [0.25, 0.3) is 0 Å². The quantitative estimate of drug-likeness (QED) is 0.816. The van der Waals surface area contributed by atoms with E-state index >= 15 is 0 Å². The fraction of sp³-hybridized carbons (Fsp3) is 0.556. The number of amides is 2. The average Bonchev–Trinajstić information content (AvgIpc) is 2.79. The molecule has 4 nitrogen and oxygen atoms in total. The van der Waals surface area contributed by atoms with Crippen LogP contribution in [0.1, 0.15) is 37.7 Å². The van der Waals surface area contributed by atoms with Crippen LogP contribution in [-0.4, -0.2) is 36.3 Å². The van der Waals surface area contributed by atoms with Crippen LogP contribution in [0.5, 0.6) is 0 Å². The zero-order valence-corrected chi connectivity index (χ0v) is 13.9. The Hall–Kier alpha value is -2.05. The largest absolute Gasteiger partial charge is 0.416 e. The van der Waals surface area contributed by atoms with Gasteiger partial charge in [0.05, 0.1) is 11.5 Å². The predicted molar refractivity (Wildman–Crippen MR) is 87.0 cm³/mol. The molecule has 1 atom stereocenters. The number of carbonyl (C=O) groups is 2. The number of benzene rings is 1. The molecule has 25 heavy (non-hydrogen) atoms. The third-order valence-electron chi connectivity index (χ3n) is 4.90. The first-order chi connectivity index (χ1) is 11.9. The maximum Gasteiger partial charge on any atom is 0.416 e. The molecule has 2 saturated heterocycles. The summed E-state index contributed by atoms with van der Waals surface area (Å²) in [6, 6.07) is 4.51. The van der Waals surface area contributed by atoms with E-state index in [4.69, 9.17) is 0 Å². The minimum atomic E-state index is -4.40. The molecule has 2 aliphatic heterocycles. The van der Waals surface area contributed by atoms with Crippen molar-refractivity contribution in [2.24, 2.45) is 5.92 Å². The van der Waals surface area contributed by atoms with Gasteiger partial charge in [0.1, 0.15) is 0 Å². The maximum atomic E-state index is 12.7. The lowest BCUT2D eigenvalue weighted by atomic mass is 10.1. The van der Waals surface area contributed by atoms with Crippen molar-refractivity contribution in [2.45, 2.75) is 38.3 Å².